The molecular formula is C42H90O6Sn3. The van der Waals surface area contributed by atoms with E-state index in [4.69, 9.17) is 14.0 Å². The number of aliphatic hydroxyl groups is 2. The molecule has 5 atom stereocenters. The first kappa shape index (κ1) is 51.2. The van der Waals surface area contributed by atoms with E-state index in [-0.39, 0.29) is 0 Å². The SMILES string of the molecule is CCC[CH2][Sn]([CH2]CCC)([CH2]CCC)[O]CC1OC([O][Sn]([CH2]CCC)([CH2]CCC)[CH2]CCC)C(O)C(O)C1[O][Sn]([CH2]CCC)([CH2]CCC)[CH2]CCC. The molecule has 9 heteroatoms. The maximum absolute atomic E-state index is 12.3. The van der Waals surface area contributed by atoms with E-state index in [9.17, 15) is 10.2 Å². The number of hydrogen-bond acceptors (Lipinski definition) is 6. The first-order valence-electron chi connectivity index (χ1n) is 22.6. The maximum atomic E-state index is 12.3. The molecule has 0 aliphatic carbocycles. The quantitative estimate of drug-likeness (QED) is 0.0626. The van der Waals surface area contributed by atoms with Crippen LogP contribution in [0.15, 0.2) is 0 Å². The molecule has 1 aliphatic rings. The molecule has 0 bridgehead atoms. The fourth-order valence-electron chi connectivity index (χ4n) is 8.26. The van der Waals surface area contributed by atoms with Gasteiger partial charge in [0.1, 0.15) is 0 Å². The second-order valence-corrected chi connectivity index (χ2v) is 51.8. The summed E-state index contributed by atoms with van der Waals surface area (Å²) in [5.41, 5.74) is 0. The van der Waals surface area contributed by atoms with E-state index < -0.39 is 87.1 Å². The van der Waals surface area contributed by atoms with E-state index in [2.05, 4.69) is 62.3 Å². The Morgan fingerprint density at radius 3 is 1.02 bits per heavy atom. The Kier molecular flexibility index (Phi) is 30.4. The van der Waals surface area contributed by atoms with Crippen molar-refractivity contribution >= 4 is 56.4 Å². The molecule has 5 unspecified atom stereocenters. The molecule has 2 N–H and O–H groups in total. The topological polar surface area (TPSA) is 77.4 Å². The average Bonchev–Trinajstić information content (AvgIpc) is 3.15. The monoisotopic (exact) mass is 1050 g/mol. The molecule has 51 heavy (non-hydrogen) atoms. The van der Waals surface area contributed by atoms with Crippen molar-refractivity contribution in [3.63, 3.8) is 0 Å². The van der Waals surface area contributed by atoms with E-state index in [1.165, 1.54) is 136 Å². The molecule has 1 saturated heterocycles. The molecular weight excluding hydrogens is 957 g/mol. The zero-order valence-corrected chi connectivity index (χ0v) is 44.3. The Labute approximate surface area is 332 Å². The summed E-state index contributed by atoms with van der Waals surface area (Å²) in [7, 11) is 0. The van der Waals surface area contributed by atoms with Crippen LogP contribution >= 0.6 is 0 Å². The molecule has 1 heterocycles. The molecule has 0 aromatic carbocycles. The van der Waals surface area contributed by atoms with Gasteiger partial charge in [0, 0.05) is 0 Å². The Morgan fingerprint density at radius 1 is 0.412 bits per heavy atom. The summed E-state index contributed by atoms with van der Waals surface area (Å²) in [5, 5.41) is 24.3. The molecule has 0 spiro atoms. The van der Waals surface area contributed by atoms with Gasteiger partial charge in [0.25, 0.3) is 0 Å². The first-order chi connectivity index (χ1) is 24.6. The van der Waals surface area contributed by atoms with E-state index in [1.807, 2.05) is 0 Å². The van der Waals surface area contributed by atoms with Crippen molar-refractivity contribution in [3.05, 3.63) is 0 Å². The van der Waals surface area contributed by atoms with Gasteiger partial charge in [-0.15, -0.1) is 0 Å². The fraction of sp³-hybridized carbons (Fsp3) is 1.00. The number of unbranched alkanes of at least 4 members (excludes halogenated alkanes) is 9. The van der Waals surface area contributed by atoms with Crippen LogP contribution in [0.3, 0.4) is 0 Å². The number of hydrogen-bond donors (Lipinski definition) is 2. The van der Waals surface area contributed by atoms with E-state index >= 15 is 0 Å². The number of rotatable bonds is 34. The second kappa shape index (κ2) is 30.3. The molecule has 1 aliphatic heterocycles. The van der Waals surface area contributed by atoms with Crippen LogP contribution < -0.4 is 0 Å². The summed E-state index contributed by atoms with van der Waals surface area (Å²) in [6, 6.07) is 0. The summed E-state index contributed by atoms with van der Waals surface area (Å²) in [5.74, 6) is 0. The minimum absolute atomic E-state index is 0.400. The van der Waals surface area contributed by atoms with Gasteiger partial charge in [-0.05, 0) is 0 Å². The van der Waals surface area contributed by atoms with E-state index in [0.29, 0.717) is 6.61 Å². The Balaban J connectivity index is 3.71. The van der Waals surface area contributed by atoms with E-state index in [1.54, 1.807) is 0 Å². The molecule has 0 amide bonds. The Bertz CT molecular complexity index is 754. The number of aliphatic hydroxyl groups excluding tert-OH is 2. The third-order valence-electron chi connectivity index (χ3n) is 11.8. The van der Waals surface area contributed by atoms with Gasteiger partial charge in [0.2, 0.25) is 0 Å². The summed E-state index contributed by atoms with van der Waals surface area (Å²) < 4.78 is 40.2. The van der Waals surface area contributed by atoms with Crippen molar-refractivity contribution in [2.24, 2.45) is 0 Å². The van der Waals surface area contributed by atoms with Gasteiger partial charge >= 0.3 is 336 Å². The van der Waals surface area contributed by atoms with Crippen LogP contribution in [0.1, 0.15) is 178 Å². The number of ether oxygens (including phenoxy) is 1. The van der Waals surface area contributed by atoms with Gasteiger partial charge < -0.3 is 0 Å². The second-order valence-electron chi connectivity index (χ2n) is 16.5. The van der Waals surface area contributed by atoms with Crippen molar-refractivity contribution < 1.29 is 24.2 Å². The standard InChI is InChI=1S/C6H9O6.9C4H9.3Sn/c7-1-2-3(8)4(9)5(10)6(11)12-2;9*1-3-4-2;;;/h2-6,9-10H,1H2;9*1,3-4H2,2H3;;;/q-3;;;;;;;;;;3*+1. The van der Waals surface area contributed by atoms with Crippen LogP contribution in [0.25, 0.3) is 0 Å². The van der Waals surface area contributed by atoms with Gasteiger partial charge in [-0.25, -0.2) is 0 Å². The Hall–Kier alpha value is 2.16. The first-order valence-corrected chi connectivity index (χ1v) is 44.3. The summed E-state index contributed by atoms with van der Waals surface area (Å²) in [6.45, 7) is 21.1. The molecule has 0 saturated carbocycles. The van der Waals surface area contributed by atoms with Crippen LogP contribution in [0.2, 0.25) is 39.9 Å². The van der Waals surface area contributed by atoms with Crippen molar-refractivity contribution in [1.82, 2.24) is 0 Å². The summed E-state index contributed by atoms with van der Waals surface area (Å²) in [4.78, 5) is 0. The molecule has 0 radical (unpaired) electrons. The zero-order chi connectivity index (χ0) is 38.0. The molecule has 0 aromatic rings. The van der Waals surface area contributed by atoms with Crippen molar-refractivity contribution in [2.45, 2.75) is 249 Å². The molecule has 1 rings (SSSR count). The normalized spacial score (nSPS) is 21.8. The molecule has 0 aromatic heterocycles. The third-order valence-corrected chi connectivity index (χ3v) is 50.8. The summed E-state index contributed by atoms with van der Waals surface area (Å²) >= 11 is -9.40. The van der Waals surface area contributed by atoms with Crippen LogP contribution in [-0.2, 0) is 14.0 Å². The van der Waals surface area contributed by atoms with Crippen LogP contribution in [0.4, 0.5) is 0 Å². The predicted octanol–water partition coefficient (Wildman–Crippen LogP) is 12.9. The molecule has 6 nitrogen and oxygen atoms in total. The fourth-order valence-corrected chi connectivity index (χ4v) is 49.5. The van der Waals surface area contributed by atoms with Gasteiger partial charge in [-0.3, -0.25) is 0 Å². The van der Waals surface area contributed by atoms with Crippen LogP contribution in [0.5, 0.6) is 0 Å². The Morgan fingerprint density at radius 2 is 0.706 bits per heavy atom. The zero-order valence-electron chi connectivity index (χ0n) is 35.7. The predicted molar refractivity (Wildman–Crippen MR) is 227 cm³/mol. The van der Waals surface area contributed by atoms with Crippen LogP contribution in [-0.4, -0.2) is 104 Å². The van der Waals surface area contributed by atoms with Gasteiger partial charge in [0.15, 0.2) is 0 Å². The van der Waals surface area contributed by atoms with Crippen molar-refractivity contribution in [2.75, 3.05) is 6.61 Å². The van der Waals surface area contributed by atoms with Crippen LogP contribution in [0, 0.1) is 0 Å². The molecule has 306 valence electrons. The van der Waals surface area contributed by atoms with E-state index in [0.717, 1.165) is 19.3 Å². The average molecular weight is 1050 g/mol. The van der Waals surface area contributed by atoms with Gasteiger partial charge in [0.05, 0.1) is 0 Å². The summed E-state index contributed by atoms with van der Waals surface area (Å²) in [6.07, 6.45) is 17.6. The van der Waals surface area contributed by atoms with Gasteiger partial charge in [-0.2, -0.15) is 0 Å². The molecule has 1 fully saturated rings. The minimum atomic E-state index is -3.21. The van der Waals surface area contributed by atoms with Gasteiger partial charge in [-0.1, -0.05) is 0 Å². The third kappa shape index (κ3) is 19.0. The van der Waals surface area contributed by atoms with Crippen molar-refractivity contribution in [3.8, 4) is 0 Å². The van der Waals surface area contributed by atoms with Crippen molar-refractivity contribution in [1.29, 1.82) is 0 Å².